The second-order valence-corrected chi connectivity index (χ2v) is 6.00. The van der Waals surface area contributed by atoms with Crippen LogP contribution in [0.4, 0.5) is 0 Å². The summed E-state index contributed by atoms with van der Waals surface area (Å²) in [4.78, 5) is 25.4. The molecule has 1 fully saturated rings. The van der Waals surface area contributed by atoms with E-state index in [-0.39, 0.29) is 18.6 Å². The Morgan fingerprint density at radius 2 is 2.12 bits per heavy atom. The minimum atomic E-state index is -0.444. The summed E-state index contributed by atoms with van der Waals surface area (Å²) in [6, 6.07) is 10.5. The van der Waals surface area contributed by atoms with E-state index in [9.17, 15) is 9.59 Å². The van der Waals surface area contributed by atoms with Crippen LogP contribution in [0.3, 0.4) is 0 Å². The molecule has 3 aromatic rings. The Balaban J connectivity index is 1.35. The van der Waals surface area contributed by atoms with Gasteiger partial charge in [0.1, 0.15) is 29.7 Å². The first-order valence-corrected chi connectivity index (χ1v) is 7.93. The van der Waals surface area contributed by atoms with Crippen LogP contribution in [0.2, 0.25) is 0 Å². The fourth-order valence-corrected chi connectivity index (χ4v) is 2.81. The number of nitrogens with zero attached hydrogens (tertiary/aromatic N) is 4. The number of carbonyl (C=O) groups is 1. The predicted octanol–water partition coefficient (Wildman–Crippen LogP) is 0.983. The van der Waals surface area contributed by atoms with Crippen molar-refractivity contribution in [1.29, 1.82) is 0 Å². The van der Waals surface area contributed by atoms with E-state index in [2.05, 4.69) is 10.3 Å². The molecule has 1 aliphatic rings. The summed E-state index contributed by atoms with van der Waals surface area (Å²) in [7, 11) is 0. The summed E-state index contributed by atoms with van der Waals surface area (Å²) in [6.45, 7) is 2.78. The largest absolute Gasteiger partial charge is 0.486 e. The minimum Gasteiger partial charge on any atom is -0.486 e. The lowest BCUT2D eigenvalue weighted by molar-refractivity contribution is -0.140. The lowest BCUT2D eigenvalue weighted by atomic mass is 10.1. The zero-order chi connectivity index (χ0) is 17.4. The number of carbonyl (C=O) groups excluding carboxylic acids is 1. The number of amides is 1. The molecule has 0 spiro atoms. The van der Waals surface area contributed by atoms with Gasteiger partial charge in [0.15, 0.2) is 0 Å². The van der Waals surface area contributed by atoms with E-state index < -0.39 is 5.63 Å². The first-order valence-electron chi connectivity index (χ1n) is 7.93. The zero-order valence-electron chi connectivity index (χ0n) is 13.6. The standard InChI is InChI=1S/C17H16N4O4/c1-11-6-12(7-17(23)24-11)25-13-8-20(9-13)16(22)10-21-15-5-3-2-4-14(15)18-19-21/h2-7,13H,8-10H2,1H3. The van der Waals surface area contributed by atoms with Gasteiger partial charge in [-0.25, -0.2) is 9.48 Å². The Labute approximate surface area is 142 Å². The highest BCUT2D eigenvalue weighted by atomic mass is 16.5. The van der Waals surface area contributed by atoms with Crippen molar-refractivity contribution in [3.63, 3.8) is 0 Å². The predicted molar refractivity (Wildman–Crippen MR) is 88.2 cm³/mol. The van der Waals surface area contributed by atoms with Crippen molar-refractivity contribution in [1.82, 2.24) is 19.9 Å². The van der Waals surface area contributed by atoms with E-state index in [1.165, 1.54) is 6.07 Å². The van der Waals surface area contributed by atoms with Crippen LogP contribution in [-0.2, 0) is 11.3 Å². The Morgan fingerprint density at radius 3 is 2.92 bits per heavy atom. The highest BCUT2D eigenvalue weighted by Crippen LogP contribution is 2.18. The number of aromatic nitrogens is 3. The normalized spacial score (nSPS) is 14.5. The maximum Gasteiger partial charge on any atom is 0.339 e. The quantitative estimate of drug-likeness (QED) is 0.703. The summed E-state index contributed by atoms with van der Waals surface area (Å²) in [5.74, 6) is 0.917. The molecular weight excluding hydrogens is 324 g/mol. The second kappa shape index (κ2) is 6.04. The van der Waals surface area contributed by atoms with Gasteiger partial charge in [-0.2, -0.15) is 0 Å². The van der Waals surface area contributed by atoms with E-state index in [4.69, 9.17) is 9.15 Å². The third kappa shape index (κ3) is 3.10. The molecule has 25 heavy (non-hydrogen) atoms. The first-order chi connectivity index (χ1) is 12.1. The average molecular weight is 340 g/mol. The van der Waals surface area contributed by atoms with Crippen LogP contribution >= 0.6 is 0 Å². The summed E-state index contributed by atoms with van der Waals surface area (Å²) < 4.78 is 12.2. The van der Waals surface area contributed by atoms with Crippen molar-refractivity contribution in [3.8, 4) is 5.75 Å². The van der Waals surface area contributed by atoms with E-state index in [0.717, 1.165) is 11.0 Å². The van der Waals surface area contributed by atoms with E-state index in [1.807, 2.05) is 24.3 Å². The SMILES string of the molecule is Cc1cc(OC2CN(C(=O)Cn3nnc4ccccc43)C2)cc(=O)o1. The number of ether oxygens (including phenoxy) is 1. The Bertz CT molecular complexity index is 987. The molecule has 128 valence electrons. The smallest absolute Gasteiger partial charge is 0.339 e. The molecule has 1 aliphatic heterocycles. The van der Waals surface area contributed by atoms with Gasteiger partial charge in [0.05, 0.1) is 24.7 Å². The summed E-state index contributed by atoms with van der Waals surface area (Å²) in [5, 5.41) is 8.07. The van der Waals surface area contributed by atoms with Gasteiger partial charge in [0, 0.05) is 6.07 Å². The van der Waals surface area contributed by atoms with Crippen LogP contribution in [0.1, 0.15) is 5.76 Å². The second-order valence-electron chi connectivity index (χ2n) is 6.00. The Kier molecular flexibility index (Phi) is 3.72. The topological polar surface area (TPSA) is 90.5 Å². The van der Waals surface area contributed by atoms with Crippen LogP contribution in [0.5, 0.6) is 5.75 Å². The highest BCUT2D eigenvalue weighted by molar-refractivity contribution is 5.80. The number of para-hydroxylation sites is 1. The summed E-state index contributed by atoms with van der Waals surface area (Å²) in [5.41, 5.74) is 1.15. The van der Waals surface area contributed by atoms with Crippen molar-refractivity contribution in [2.24, 2.45) is 0 Å². The molecule has 0 N–H and O–H groups in total. The number of fused-ring (bicyclic) bond motifs is 1. The van der Waals surface area contributed by atoms with E-state index in [1.54, 1.807) is 22.6 Å². The number of aryl methyl sites for hydroxylation is 1. The highest BCUT2D eigenvalue weighted by Gasteiger charge is 2.32. The van der Waals surface area contributed by atoms with Gasteiger partial charge in [-0.15, -0.1) is 5.10 Å². The van der Waals surface area contributed by atoms with E-state index >= 15 is 0 Å². The van der Waals surface area contributed by atoms with Crippen LogP contribution in [0, 0.1) is 6.92 Å². The van der Waals surface area contributed by atoms with Gasteiger partial charge in [-0.3, -0.25) is 4.79 Å². The lowest BCUT2D eigenvalue weighted by Gasteiger charge is -2.38. The molecule has 3 heterocycles. The summed E-state index contributed by atoms with van der Waals surface area (Å²) in [6.07, 6.45) is -0.127. The van der Waals surface area contributed by atoms with Gasteiger partial charge in [-0.05, 0) is 19.1 Å². The molecule has 4 rings (SSSR count). The Hall–Kier alpha value is -3.16. The van der Waals surface area contributed by atoms with Crippen molar-refractivity contribution in [2.75, 3.05) is 13.1 Å². The first kappa shape index (κ1) is 15.4. The van der Waals surface area contributed by atoms with Crippen LogP contribution in [-0.4, -0.2) is 45.0 Å². The maximum atomic E-state index is 12.4. The molecule has 2 aromatic heterocycles. The third-order valence-corrected chi connectivity index (χ3v) is 4.08. The molecule has 8 heteroatoms. The van der Waals surface area contributed by atoms with Gasteiger partial charge in [-0.1, -0.05) is 17.3 Å². The van der Waals surface area contributed by atoms with Gasteiger partial charge >= 0.3 is 5.63 Å². The average Bonchev–Trinajstić information content (AvgIpc) is 2.93. The maximum absolute atomic E-state index is 12.4. The molecular formula is C17H16N4O4. The molecule has 0 saturated carbocycles. The molecule has 0 radical (unpaired) electrons. The van der Waals surface area contributed by atoms with Crippen LogP contribution in [0.25, 0.3) is 11.0 Å². The van der Waals surface area contributed by atoms with Crippen LogP contribution in [0.15, 0.2) is 45.6 Å². The number of hydrogen-bond acceptors (Lipinski definition) is 6. The lowest BCUT2D eigenvalue weighted by Crippen LogP contribution is -2.57. The number of likely N-dealkylation sites (tertiary alicyclic amines) is 1. The fourth-order valence-electron chi connectivity index (χ4n) is 2.81. The van der Waals surface area contributed by atoms with Crippen molar-refractivity contribution in [3.05, 3.63) is 52.6 Å². The molecule has 8 nitrogen and oxygen atoms in total. The molecule has 1 amide bonds. The Morgan fingerprint density at radius 1 is 1.32 bits per heavy atom. The number of rotatable bonds is 4. The van der Waals surface area contributed by atoms with Gasteiger partial charge in [0.25, 0.3) is 0 Å². The molecule has 0 atom stereocenters. The van der Waals surface area contributed by atoms with Gasteiger partial charge in [0.2, 0.25) is 5.91 Å². The molecule has 1 saturated heterocycles. The summed E-state index contributed by atoms with van der Waals surface area (Å²) >= 11 is 0. The van der Waals surface area contributed by atoms with Crippen molar-refractivity contribution < 1.29 is 13.9 Å². The molecule has 0 aliphatic carbocycles. The minimum absolute atomic E-state index is 0.0424. The molecule has 0 bridgehead atoms. The van der Waals surface area contributed by atoms with Gasteiger partial charge < -0.3 is 14.1 Å². The van der Waals surface area contributed by atoms with Crippen LogP contribution < -0.4 is 10.4 Å². The third-order valence-electron chi connectivity index (χ3n) is 4.08. The molecule has 1 aromatic carbocycles. The number of hydrogen-bond donors (Lipinski definition) is 0. The molecule has 0 unspecified atom stereocenters. The fraction of sp³-hybridized carbons (Fsp3) is 0.294. The van der Waals surface area contributed by atoms with Crippen molar-refractivity contribution >= 4 is 16.9 Å². The van der Waals surface area contributed by atoms with Crippen molar-refractivity contribution in [2.45, 2.75) is 19.6 Å². The number of benzene rings is 1. The van der Waals surface area contributed by atoms with E-state index in [0.29, 0.717) is 24.6 Å². The monoisotopic (exact) mass is 340 g/mol. The zero-order valence-corrected chi connectivity index (χ0v) is 13.6.